The van der Waals surface area contributed by atoms with E-state index in [9.17, 15) is 4.39 Å². The quantitative estimate of drug-likeness (QED) is 0.854. The maximum absolute atomic E-state index is 13.3. The fourth-order valence-corrected chi connectivity index (χ4v) is 1.98. The summed E-state index contributed by atoms with van der Waals surface area (Å²) in [5.74, 6) is -0.315. The van der Waals surface area contributed by atoms with Crippen LogP contribution in [0.3, 0.4) is 0 Å². The van der Waals surface area contributed by atoms with E-state index in [0.717, 1.165) is 24.8 Å². The summed E-state index contributed by atoms with van der Waals surface area (Å²) in [7, 11) is 0. The van der Waals surface area contributed by atoms with Gasteiger partial charge in [0.15, 0.2) is 0 Å². The Morgan fingerprint density at radius 2 is 2.00 bits per heavy atom. The number of halogens is 2. The highest BCUT2D eigenvalue weighted by Crippen LogP contribution is 2.22. The summed E-state index contributed by atoms with van der Waals surface area (Å²) < 4.78 is 13.3. The molecule has 0 aliphatic rings. The van der Waals surface area contributed by atoms with E-state index in [1.807, 2.05) is 19.9 Å². The lowest BCUT2D eigenvalue weighted by molar-refractivity contribution is 0.459. The topological polar surface area (TPSA) is 26.0 Å². The normalized spacial score (nSPS) is 11.9. The summed E-state index contributed by atoms with van der Waals surface area (Å²) in [4.78, 5) is 0. The van der Waals surface area contributed by atoms with Gasteiger partial charge in [-0.25, -0.2) is 4.39 Å². The molecule has 1 aromatic rings. The first-order chi connectivity index (χ1) is 7.29. The van der Waals surface area contributed by atoms with E-state index in [-0.39, 0.29) is 16.4 Å². The highest BCUT2D eigenvalue weighted by Gasteiger charge is 2.11. The van der Waals surface area contributed by atoms with Gasteiger partial charge in [-0.2, -0.15) is 0 Å². The molecule has 2 N–H and O–H groups in total. The van der Waals surface area contributed by atoms with Gasteiger partial charge < -0.3 is 5.73 Å². The molecule has 0 aromatic heterocycles. The SMILES string of the molecule is Cc1cc(CCCC(C)(C)N)cc(Cl)c1F. The molecule has 0 amide bonds. The van der Waals surface area contributed by atoms with Crippen LogP contribution in [0.1, 0.15) is 37.8 Å². The van der Waals surface area contributed by atoms with Crippen LogP contribution in [-0.4, -0.2) is 5.54 Å². The standard InChI is InChI=1S/C13H19ClFN/c1-9-7-10(8-11(14)12(9)15)5-4-6-13(2,3)16/h7-8H,4-6,16H2,1-3H3. The molecule has 0 heterocycles. The van der Waals surface area contributed by atoms with Crippen LogP contribution in [0.15, 0.2) is 12.1 Å². The molecule has 0 spiro atoms. The number of aryl methyl sites for hydroxylation is 2. The maximum Gasteiger partial charge on any atom is 0.144 e. The molecule has 1 rings (SSSR count). The van der Waals surface area contributed by atoms with Gasteiger partial charge in [0.05, 0.1) is 5.02 Å². The van der Waals surface area contributed by atoms with E-state index in [4.69, 9.17) is 17.3 Å². The number of hydrogen-bond acceptors (Lipinski definition) is 1. The summed E-state index contributed by atoms with van der Waals surface area (Å²) in [6, 6.07) is 3.55. The molecule has 0 aliphatic heterocycles. The molecule has 0 saturated heterocycles. The van der Waals surface area contributed by atoms with Crippen molar-refractivity contribution in [3.05, 3.63) is 34.1 Å². The van der Waals surface area contributed by atoms with Crippen LogP contribution >= 0.6 is 11.6 Å². The van der Waals surface area contributed by atoms with Gasteiger partial charge in [0.2, 0.25) is 0 Å². The predicted octanol–water partition coefficient (Wildman–Crippen LogP) is 3.85. The molecule has 0 saturated carbocycles. The molecule has 0 aliphatic carbocycles. The molecule has 90 valence electrons. The van der Waals surface area contributed by atoms with E-state index in [1.54, 1.807) is 13.0 Å². The lowest BCUT2D eigenvalue weighted by Crippen LogP contribution is -2.31. The van der Waals surface area contributed by atoms with Crippen molar-refractivity contribution in [3.8, 4) is 0 Å². The van der Waals surface area contributed by atoms with Crippen molar-refractivity contribution in [3.63, 3.8) is 0 Å². The Balaban J connectivity index is 2.62. The van der Waals surface area contributed by atoms with Crippen molar-refractivity contribution in [1.82, 2.24) is 0 Å². The molecule has 1 aromatic carbocycles. The maximum atomic E-state index is 13.3. The van der Waals surface area contributed by atoms with Crippen molar-refractivity contribution in [1.29, 1.82) is 0 Å². The molecule has 3 heteroatoms. The van der Waals surface area contributed by atoms with E-state index < -0.39 is 0 Å². The zero-order valence-corrected chi connectivity index (χ0v) is 10.9. The van der Waals surface area contributed by atoms with Gasteiger partial charge in [-0.05, 0) is 57.2 Å². The van der Waals surface area contributed by atoms with Gasteiger partial charge in [0.25, 0.3) is 0 Å². The van der Waals surface area contributed by atoms with E-state index in [2.05, 4.69) is 0 Å². The average Bonchev–Trinajstić information content (AvgIpc) is 2.12. The van der Waals surface area contributed by atoms with Gasteiger partial charge in [0.1, 0.15) is 5.82 Å². The predicted molar refractivity (Wildman–Crippen MR) is 67.4 cm³/mol. The monoisotopic (exact) mass is 243 g/mol. The van der Waals surface area contributed by atoms with Gasteiger partial charge >= 0.3 is 0 Å². The van der Waals surface area contributed by atoms with Crippen molar-refractivity contribution >= 4 is 11.6 Å². The molecule has 0 atom stereocenters. The van der Waals surface area contributed by atoms with E-state index in [0.29, 0.717) is 5.56 Å². The first-order valence-corrected chi connectivity index (χ1v) is 5.91. The Kier molecular flexibility index (Phi) is 4.34. The van der Waals surface area contributed by atoms with Crippen molar-refractivity contribution < 1.29 is 4.39 Å². The lowest BCUT2D eigenvalue weighted by Gasteiger charge is -2.18. The minimum Gasteiger partial charge on any atom is -0.326 e. The van der Waals surface area contributed by atoms with Crippen LogP contribution in [0, 0.1) is 12.7 Å². The Morgan fingerprint density at radius 1 is 1.38 bits per heavy atom. The third-order valence-corrected chi connectivity index (χ3v) is 2.83. The Labute approximate surface area is 102 Å². The largest absolute Gasteiger partial charge is 0.326 e. The number of hydrogen-bond donors (Lipinski definition) is 1. The fraction of sp³-hybridized carbons (Fsp3) is 0.538. The van der Waals surface area contributed by atoms with Crippen molar-refractivity contribution in [2.45, 2.75) is 45.6 Å². The lowest BCUT2D eigenvalue weighted by atomic mass is 9.96. The van der Waals surface area contributed by atoms with Gasteiger partial charge in [0, 0.05) is 5.54 Å². The second kappa shape index (κ2) is 5.15. The number of rotatable bonds is 4. The van der Waals surface area contributed by atoms with Gasteiger partial charge in [-0.1, -0.05) is 17.7 Å². The van der Waals surface area contributed by atoms with Crippen LogP contribution in [0.4, 0.5) is 4.39 Å². The third kappa shape index (κ3) is 4.11. The Bertz CT molecular complexity index is 346. The minimum absolute atomic E-state index is 0.140. The summed E-state index contributed by atoms with van der Waals surface area (Å²) in [5.41, 5.74) is 7.44. The first kappa shape index (κ1) is 13.5. The molecular formula is C13H19ClFN. The molecular weight excluding hydrogens is 225 g/mol. The average molecular weight is 244 g/mol. The summed E-state index contributed by atoms with van der Waals surface area (Å²) in [6.07, 6.45) is 2.83. The zero-order valence-electron chi connectivity index (χ0n) is 10.1. The molecule has 1 nitrogen and oxygen atoms in total. The zero-order chi connectivity index (χ0) is 12.3. The van der Waals surface area contributed by atoms with Crippen LogP contribution in [0.25, 0.3) is 0 Å². The van der Waals surface area contributed by atoms with Crippen LogP contribution in [0.2, 0.25) is 5.02 Å². The molecule has 0 fully saturated rings. The Hall–Kier alpha value is -0.600. The molecule has 0 bridgehead atoms. The molecule has 0 radical (unpaired) electrons. The fourth-order valence-electron chi connectivity index (χ4n) is 1.69. The number of nitrogens with two attached hydrogens (primary N) is 1. The highest BCUT2D eigenvalue weighted by molar-refractivity contribution is 6.30. The number of benzene rings is 1. The highest BCUT2D eigenvalue weighted by atomic mass is 35.5. The first-order valence-electron chi connectivity index (χ1n) is 5.53. The smallest absolute Gasteiger partial charge is 0.144 e. The summed E-state index contributed by atoms with van der Waals surface area (Å²) >= 11 is 5.79. The van der Waals surface area contributed by atoms with E-state index >= 15 is 0 Å². The van der Waals surface area contributed by atoms with Gasteiger partial charge in [-0.15, -0.1) is 0 Å². The van der Waals surface area contributed by atoms with Crippen LogP contribution in [-0.2, 0) is 6.42 Å². The van der Waals surface area contributed by atoms with Crippen molar-refractivity contribution in [2.75, 3.05) is 0 Å². The summed E-state index contributed by atoms with van der Waals surface area (Å²) in [6.45, 7) is 5.75. The Morgan fingerprint density at radius 3 is 2.50 bits per heavy atom. The summed E-state index contributed by atoms with van der Waals surface area (Å²) in [5, 5.41) is 0.210. The second-order valence-corrected chi connectivity index (χ2v) is 5.46. The second-order valence-electron chi connectivity index (χ2n) is 5.05. The van der Waals surface area contributed by atoms with Crippen LogP contribution in [0.5, 0.6) is 0 Å². The minimum atomic E-state index is -0.315. The van der Waals surface area contributed by atoms with Crippen LogP contribution < -0.4 is 5.73 Å². The van der Waals surface area contributed by atoms with E-state index in [1.165, 1.54) is 0 Å². The molecule has 16 heavy (non-hydrogen) atoms. The van der Waals surface area contributed by atoms with Crippen molar-refractivity contribution in [2.24, 2.45) is 5.73 Å². The third-order valence-electron chi connectivity index (χ3n) is 2.56. The van der Waals surface area contributed by atoms with Gasteiger partial charge in [-0.3, -0.25) is 0 Å². The molecule has 0 unspecified atom stereocenters.